The Labute approximate surface area is 82.8 Å². The van der Waals surface area contributed by atoms with Crippen LogP contribution in [0.2, 0.25) is 0 Å². The van der Waals surface area contributed by atoms with Gasteiger partial charge in [0, 0.05) is 12.8 Å². The summed E-state index contributed by atoms with van der Waals surface area (Å²) in [6, 6.07) is 0. The predicted molar refractivity (Wildman–Crippen MR) is 46.5 cm³/mol. The molecule has 0 bridgehead atoms. The van der Waals surface area contributed by atoms with Crippen LogP contribution in [0.1, 0.15) is 26.7 Å². The molecule has 5 heteroatoms. The molecule has 5 nitrogen and oxygen atoms in total. The van der Waals surface area contributed by atoms with E-state index in [1.54, 1.807) is 0 Å². The molecule has 1 N–H and O–H groups in total. The molecule has 2 aliphatic rings. The second-order valence-electron chi connectivity index (χ2n) is 4.16. The smallest absolute Gasteiger partial charge is 0.187 e. The Bertz CT molecular complexity index is 189. The summed E-state index contributed by atoms with van der Waals surface area (Å²) in [5.41, 5.74) is 0. The Morgan fingerprint density at radius 1 is 1.43 bits per heavy atom. The highest BCUT2D eigenvalue weighted by Gasteiger charge is 2.48. The van der Waals surface area contributed by atoms with Crippen LogP contribution >= 0.6 is 0 Å². The summed E-state index contributed by atoms with van der Waals surface area (Å²) in [5, 5.41) is 8.19. The fourth-order valence-corrected chi connectivity index (χ4v) is 1.95. The summed E-state index contributed by atoms with van der Waals surface area (Å²) < 4.78 is 16.8. The summed E-state index contributed by atoms with van der Waals surface area (Å²) >= 11 is 0. The van der Waals surface area contributed by atoms with Crippen LogP contribution in [0.3, 0.4) is 0 Å². The number of hydrogen-bond acceptors (Lipinski definition) is 5. The van der Waals surface area contributed by atoms with Crippen LogP contribution < -0.4 is 0 Å². The molecule has 0 aromatic heterocycles. The first-order valence-corrected chi connectivity index (χ1v) is 4.88. The third-order valence-electron chi connectivity index (χ3n) is 2.49. The van der Waals surface area contributed by atoms with Gasteiger partial charge in [0.25, 0.3) is 0 Å². The fraction of sp³-hybridized carbons (Fsp3) is 1.00. The van der Waals surface area contributed by atoms with Gasteiger partial charge in [-0.2, -0.15) is 0 Å². The van der Waals surface area contributed by atoms with Gasteiger partial charge in [-0.1, -0.05) is 0 Å². The molecule has 2 aliphatic heterocycles. The van der Waals surface area contributed by atoms with Gasteiger partial charge in [-0.3, -0.25) is 5.26 Å². The minimum absolute atomic E-state index is 0.0219. The van der Waals surface area contributed by atoms with E-state index in [2.05, 4.69) is 4.89 Å². The second-order valence-corrected chi connectivity index (χ2v) is 4.16. The lowest BCUT2D eigenvalue weighted by atomic mass is 10.1. The molecular weight excluding hydrogens is 188 g/mol. The van der Waals surface area contributed by atoms with Crippen molar-refractivity contribution in [3.05, 3.63) is 0 Å². The Morgan fingerprint density at radius 2 is 2.21 bits per heavy atom. The minimum atomic E-state index is -0.534. The van der Waals surface area contributed by atoms with Crippen LogP contribution in [0.5, 0.6) is 0 Å². The van der Waals surface area contributed by atoms with E-state index in [-0.39, 0.29) is 25.1 Å². The topological polar surface area (TPSA) is 57.2 Å². The van der Waals surface area contributed by atoms with Gasteiger partial charge in [-0.25, -0.2) is 4.89 Å². The van der Waals surface area contributed by atoms with Crippen LogP contribution in [-0.4, -0.2) is 36.1 Å². The van der Waals surface area contributed by atoms with Crippen molar-refractivity contribution in [2.45, 2.75) is 51.0 Å². The zero-order valence-electron chi connectivity index (χ0n) is 8.43. The molecule has 0 aliphatic carbocycles. The van der Waals surface area contributed by atoms with E-state index < -0.39 is 5.79 Å². The molecule has 0 aromatic rings. The molecule has 2 saturated heterocycles. The maximum absolute atomic E-state index is 8.19. The highest BCUT2D eigenvalue weighted by Crippen LogP contribution is 2.37. The van der Waals surface area contributed by atoms with Crippen molar-refractivity contribution in [3.63, 3.8) is 0 Å². The quantitative estimate of drug-likeness (QED) is 0.551. The van der Waals surface area contributed by atoms with Crippen LogP contribution in [0, 0.1) is 0 Å². The minimum Gasteiger partial charge on any atom is -0.346 e. The van der Waals surface area contributed by atoms with Crippen molar-refractivity contribution in [3.8, 4) is 0 Å². The molecule has 2 fully saturated rings. The van der Waals surface area contributed by atoms with E-state index in [9.17, 15) is 0 Å². The summed E-state index contributed by atoms with van der Waals surface area (Å²) in [7, 11) is 0. The zero-order valence-corrected chi connectivity index (χ0v) is 8.43. The van der Waals surface area contributed by atoms with E-state index in [0.717, 1.165) is 6.42 Å². The Morgan fingerprint density at radius 3 is 2.86 bits per heavy atom. The summed E-state index contributed by atoms with van der Waals surface area (Å²) in [6.07, 6.45) is 1.30. The van der Waals surface area contributed by atoms with Crippen LogP contribution in [0.15, 0.2) is 0 Å². The predicted octanol–water partition coefficient (Wildman–Crippen LogP) is 1.13. The molecule has 0 aromatic carbocycles. The molecule has 14 heavy (non-hydrogen) atoms. The van der Waals surface area contributed by atoms with Gasteiger partial charge in [-0.05, 0) is 13.8 Å². The van der Waals surface area contributed by atoms with E-state index in [0.29, 0.717) is 6.42 Å². The largest absolute Gasteiger partial charge is 0.346 e. The van der Waals surface area contributed by atoms with Gasteiger partial charge in [0.15, 0.2) is 12.1 Å². The molecule has 0 radical (unpaired) electrons. The molecule has 0 saturated carbocycles. The van der Waals surface area contributed by atoms with E-state index in [1.165, 1.54) is 0 Å². The summed E-state index contributed by atoms with van der Waals surface area (Å²) in [5.74, 6) is -0.534. The molecule has 3 unspecified atom stereocenters. The first-order chi connectivity index (χ1) is 6.61. The molecule has 2 rings (SSSR count). The monoisotopic (exact) mass is 204 g/mol. The van der Waals surface area contributed by atoms with E-state index >= 15 is 0 Å². The van der Waals surface area contributed by atoms with Gasteiger partial charge in [0.1, 0.15) is 6.10 Å². The highest BCUT2D eigenvalue weighted by molar-refractivity contribution is 4.84. The van der Waals surface area contributed by atoms with Crippen molar-refractivity contribution in [2.24, 2.45) is 0 Å². The van der Waals surface area contributed by atoms with Gasteiger partial charge in [0.05, 0.1) is 12.7 Å². The lowest BCUT2D eigenvalue weighted by Crippen LogP contribution is -2.25. The third kappa shape index (κ3) is 2.07. The van der Waals surface area contributed by atoms with Crippen molar-refractivity contribution in [1.82, 2.24) is 0 Å². The number of ether oxygens (including phenoxy) is 3. The Kier molecular flexibility index (Phi) is 2.77. The second kappa shape index (κ2) is 3.75. The number of fused-ring (bicyclic) bond motifs is 1. The molecule has 0 amide bonds. The molecule has 82 valence electrons. The van der Waals surface area contributed by atoms with E-state index in [1.807, 2.05) is 13.8 Å². The number of hydrogen-bond donors (Lipinski definition) is 1. The van der Waals surface area contributed by atoms with Crippen molar-refractivity contribution in [2.75, 3.05) is 6.61 Å². The van der Waals surface area contributed by atoms with Crippen molar-refractivity contribution < 1.29 is 24.4 Å². The zero-order chi connectivity index (χ0) is 10.2. The van der Waals surface area contributed by atoms with Gasteiger partial charge >= 0.3 is 0 Å². The fourth-order valence-electron chi connectivity index (χ4n) is 1.95. The van der Waals surface area contributed by atoms with Crippen LogP contribution in [-0.2, 0) is 19.1 Å². The average molecular weight is 204 g/mol. The molecule has 2 heterocycles. The van der Waals surface area contributed by atoms with Gasteiger partial charge < -0.3 is 14.2 Å². The highest BCUT2D eigenvalue weighted by atomic mass is 17.1. The van der Waals surface area contributed by atoms with E-state index in [4.69, 9.17) is 19.5 Å². The maximum Gasteiger partial charge on any atom is 0.187 e. The normalized spacial score (nSPS) is 40.1. The molecule has 0 spiro atoms. The average Bonchev–Trinajstić information content (AvgIpc) is 2.53. The Balaban J connectivity index is 1.81. The summed E-state index contributed by atoms with van der Waals surface area (Å²) in [4.78, 5) is 4.01. The van der Waals surface area contributed by atoms with Gasteiger partial charge in [-0.15, -0.1) is 0 Å². The van der Waals surface area contributed by atoms with Crippen LogP contribution in [0.4, 0.5) is 0 Å². The lowest BCUT2D eigenvalue weighted by molar-refractivity contribution is -0.251. The first kappa shape index (κ1) is 10.3. The Hall–Kier alpha value is -0.200. The van der Waals surface area contributed by atoms with Crippen molar-refractivity contribution >= 4 is 0 Å². The van der Waals surface area contributed by atoms with Crippen molar-refractivity contribution in [1.29, 1.82) is 0 Å². The molecule has 3 atom stereocenters. The first-order valence-electron chi connectivity index (χ1n) is 4.88. The standard InChI is InChI=1S/C9H16O5/c1-9(2)13-7-5-6(3-4-11-10)12-8(7)14-9/h6-8,10H,3-5H2,1-2H3. The SMILES string of the molecule is CC1(C)OC2CC(CCOO)OC2O1. The van der Waals surface area contributed by atoms with Gasteiger partial charge in [0.2, 0.25) is 0 Å². The number of rotatable bonds is 3. The molecular formula is C9H16O5. The van der Waals surface area contributed by atoms with Crippen LogP contribution in [0.25, 0.3) is 0 Å². The summed E-state index contributed by atoms with van der Waals surface area (Å²) in [6.45, 7) is 4.04. The maximum atomic E-state index is 8.19. The third-order valence-corrected chi connectivity index (χ3v) is 2.49. The lowest BCUT2D eigenvalue weighted by Gasteiger charge is -2.20.